The number of amides is 1. The molecule has 0 unspecified atom stereocenters. The van der Waals surface area contributed by atoms with Gasteiger partial charge in [0.05, 0.1) is 17.1 Å². The highest BCUT2D eigenvalue weighted by atomic mass is 79.9. The van der Waals surface area contributed by atoms with E-state index in [1.807, 2.05) is 19.1 Å². The second kappa shape index (κ2) is 9.91. The van der Waals surface area contributed by atoms with Gasteiger partial charge < -0.3 is 5.32 Å². The minimum Gasteiger partial charge on any atom is -0.322 e. The maximum absolute atomic E-state index is 14.1. The van der Waals surface area contributed by atoms with Gasteiger partial charge in [-0.1, -0.05) is 57.4 Å². The summed E-state index contributed by atoms with van der Waals surface area (Å²) in [4.78, 5) is 12.6. The molecule has 3 rings (SSSR count). The van der Waals surface area contributed by atoms with E-state index in [1.165, 1.54) is 36.4 Å². The van der Waals surface area contributed by atoms with E-state index < -0.39 is 28.3 Å². The fourth-order valence-electron chi connectivity index (χ4n) is 2.82. The number of sulfonamides is 1. The summed E-state index contributed by atoms with van der Waals surface area (Å²) in [5.74, 6) is -1.29. The van der Waals surface area contributed by atoms with Crippen LogP contribution in [-0.2, 0) is 21.4 Å². The lowest BCUT2D eigenvalue weighted by molar-refractivity contribution is -0.116. The van der Waals surface area contributed by atoms with Gasteiger partial charge in [-0.3, -0.25) is 4.79 Å². The molecule has 0 bridgehead atoms. The Balaban J connectivity index is 1.88. The lowest BCUT2D eigenvalue weighted by Crippen LogP contribution is -2.37. The quantitative estimate of drug-likeness (QED) is 0.450. The third kappa shape index (κ3) is 6.13. The average Bonchev–Trinajstić information content (AvgIpc) is 2.71. The Hall–Kier alpha value is -2.26. The van der Waals surface area contributed by atoms with Gasteiger partial charge in [-0.05, 0) is 55.0 Å². The number of carbonyl (C=O) groups is 1. The second-order valence-corrected chi connectivity index (χ2v) is 10.2. The molecule has 31 heavy (non-hydrogen) atoms. The Labute approximate surface area is 194 Å². The molecule has 1 amide bonds. The minimum atomic E-state index is -4.02. The maximum Gasteiger partial charge on any atom is 0.243 e. The molecule has 0 atom stereocenters. The fourth-order valence-corrected chi connectivity index (χ4v) is 4.66. The normalized spacial score (nSPS) is 11.5. The number of nitrogens with one attached hydrogen (secondary N) is 1. The molecule has 0 saturated heterocycles. The molecule has 9 heteroatoms. The zero-order chi connectivity index (χ0) is 22.6. The van der Waals surface area contributed by atoms with Gasteiger partial charge in [-0.2, -0.15) is 4.31 Å². The molecule has 0 fully saturated rings. The van der Waals surface area contributed by atoms with Crippen molar-refractivity contribution in [1.29, 1.82) is 0 Å². The predicted molar refractivity (Wildman–Crippen MR) is 123 cm³/mol. The molecule has 162 valence electrons. The lowest BCUT2D eigenvalue weighted by Gasteiger charge is -2.22. The van der Waals surface area contributed by atoms with E-state index in [-0.39, 0.29) is 17.1 Å². The van der Waals surface area contributed by atoms with Crippen LogP contribution in [0.3, 0.4) is 0 Å². The maximum atomic E-state index is 14.1. The van der Waals surface area contributed by atoms with E-state index in [9.17, 15) is 17.6 Å². The third-order valence-corrected chi connectivity index (χ3v) is 7.01. The van der Waals surface area contributed by atoms with Crippen molar-refractivity contribution in [3.63, 3.8) is 0 Å². The summed E-state index contributed by atoms with van der Waals surface area (Å²) in [6, 6.07) is 17.2. The standard InChI is InChI=1S/C22H19BrClFN2O3S/c1-15-2-4-16(5-3-15)13-27(31(29,30)19-9-7-18(24)8-10-19)14-22(28)26-21-11-6-17(23)12-20(21)25/h2-12H,13-14H2,1H3,(H,26,28). The van der Waals surface area contributed by atoms with Crippen molar-refractivity contribution in [2.45, 2.75) is 18.4 Å². The van der Waals surface area contributed by atoms with Crippen molar-refractivity contribution in [2.24, 2.45) is 0 Å². The highest BCUT2D eigenvalue weighted by Crippen LogP contribution is 2.22. The van der Waals surface area contributed by atoms with Gasteiger partial charge in [-0.15, -0.1) is 0 Å². The van der Waals surface area contributed by atoms with Crippen LogP contribution < -0.4 is 5.32 Å². The van der Waals surface area contributed by atoms with Gasteiger partial charge in [0, 0.05) is 16.0 Å². The molecular weight excluding hydrogens is 507 g/mol. The van der Waals surface area contributed by atoms with Gasteiger partial charge in [0.25, 0.3) is 0 Å². The van der Waals surface area contributed by atoms with Gasteiger partial charge in [-0.25, -0.2) is 12.8 Å². The van der Waals surface area contributed by atoms with Gasteiger partial charge >= 0.3 is 0 Å². The molecule has 5 nitrogen and oxygen atoms in total. The number of nitrogens with zero attached hydrogens (tertiary/aromatic N) is 1. The second-order valence-electron chi connectivity index (χ2n) is 6.88. The third-order valence-electron chi connectivity index (χ3n) is 4.46. The molecule has 0 heterocycles. The number of anilines is 1. The number of benzene rings is 3. The lowest BCUT2D eigenvalue weighted by atomic mass is 10.1. The van der Waals surface area contributed by atoms with Crippen LogP contribution in [0, 0.1) is 12.7 Å². The molecular formula is C22H19BrClFN2O3S. The highest BCUT2D eigenvalue weighted by Gasteiger charge is 2.27. The van der Waals surface area contributed by atoms with Crippen molar-refractivity contribution in [3.8, 4) is 0 Å². The average molecular weight is 526 g/mol. The number of rotatable bonds is 7. The van der Waals surface area contributed by atoms with Crippen molar-refractivity contribution < 1.29 is 17.6 Å². The molecule has 0 aromatic heterocycles. The molecule has 3 aromatic rings. The Morgan fingerprint density at radius 3 is 2.32 bits per heavy atom. The summed E-state index contributed by atoms with van der Waals surface area (Å²) in [6.45, 7) is 1.40. The van der Waals surface area contributed by atoms with E-state index >= 15 is 0 Å². The largest absolute Gasteiger partial charge is 0.322 e. The summed E-state index contributed by atoms with van der Waals surface area (Å²) in [6.07, 6.45) is 0. The number of hydrogen-bond acceptors (Lipinski definition) is 3. The van der Waals surface area contributed by atoms with Gasteiger partial charge in [0.1, 0.15) is 5.82 Å². The van der Waals surface area contributed by atoms with Crippen LogP contribution in [0.15, 0.2) is 76.1 Å². The first kappa shape index (κ1) is 23.4. The first-order chi connectivity index (χ1) is 14.6. The van der Waals surface area contributed by atoms with E-state index in [1.54, 1.807) is 18.2 Å². The van der Waals surface area contributed by atoms with Gasteiger partial charge in [0.15, 0.2) is 0 Å². The van der Waals surface area contributed by atoms with Gasteiger partial charge in [0.2, 0.25) is 15.9 Å². The first-order valence-electron chi connectivity index (χ1n) is 9.21. The smallest absolute Gasteiger partial charge is 0.243 e. The van der Waals surface area contributed by atoms with Crippen LogP contribution in [0.4, 0.5) is 10.1 Å². The Bertz CT molecular complexity index is 1190. The molecule has 0 saturated carbocycles. The van der Waals surface area contributed by atoms with E-state index in [4.69, 9.17) is 11.6 Å². The van der Waals surface area contributed by atoms with Crippen molar-refractivity contribution >= 4 is 49.1 Å². The van der Waals surface area contributed by atoms with Crippen LogP contribution in [0.5, 0.6) is 0 Å². The number of carbonyl (C=O) groups excluding carboxylic acids is 1. The highest BCUT2D eigenvalue weighted by molar-refractivity contribution is 9.10. The zero-order valence-corrected chi connectivity index (χ0v) is 19.6. The minimum absolute atomic E-state index is 0.00614. The van der Waals surface area contributed by atoms with Crippen molar-refractivity contribution in [3.05, 3.63) is 93.2 Å². The first-order valence-corrected chi connectivity index (χ1v) is 11.8. The van der Waals surface area contributed by atoms with Crippen molar-refractivity contribution in [1.82, 2.24) is 4.31 Å². The van der Waals surface area contributed by atoms with Crippen LogP contribution in [0.1, 0.15) is 11.1 Å². The molecule has 0 aliphatic carbocycles. The SMILES string of the molecule is Cc1ccc(CN(CC(=O)Nc2ccc(Br)cc2F)S(=O)(=O)c2ccc(Cl)cc2)cc1. The number of hydrogen-bond donors (Lipinski definition) is 1. The predicted octanol–water partition coefficient (Wildman–Crippen LogP) is 5.38. The Kier molecular flexibility index (Phi) is 7.48. The Morgan fingerprint density at radius 1 is 1.06 bits per heavy atom. The van der Waals surface area contributed by atoms with E-state index in [0.717, 1.165) is 9.87 Å². The topological polar surface area (TPSA) is 66.5 Å². The molecule has 0 aliphatic heterocycles. The monoisotopic (exact) mass is 524 g/mol. The van der Waals surface area contributed by atoms with Crippen LogP contribution >= 0.6 is 27.5 Å². The van der Waals surface area contributed by atoms with Crippen LogP contribution in [-0.4, -0.2) is 25.2 Å². The summed E-state index contributed by atoms with van der Waals surface area (Å²) in [5, 5.41) is 2.83. The molecule has 1 N–H and O–H groups in total. The zero-order valence-electron chi connectivity index (χ0n) is 16.5. The summed E-state index contributed by atoms with van der Waals surface area (Å²) in [7, 11) is -4.02. The summed E-state index contributed by atoms with van der Waals surface area (Å²) < 4.78 is 42.1. The van der Waals surface area contributed by atoms with Crippen LogP contribution in [0.2, 0.25) is 5.02 Å². The fraction of sp³-hybridized carbons (Fsp3) is 0.136. The van der Waals surface area contributed by atoms with E-state index in [2.05, 4.69) is 21.2 Å². The molecule has 0 aliphatic rings. The number of halogens is 3. The number of aryl methyl sites for hydroxylation is 1. The molecule has 3 aromatic carbocycles. The molecule has 0 radical (unpaired) electrons. The van der Waals surface area contributed by atoms with Crippen LogP contribution in [0.25, 0.3) is 0 Å². The van der Waals surface area contributed by atoms with E-state index in [0.29, 0.717) is 15.1 Å². The van der Waals surface area contributed by atoms with Crippen molar-refractivity contribution in [2.75, 3.05) is 11.9 Å². The summed E-state index contributed by atoms with van der Waals surface area (Å²) >= 11 is 9.03. The summed E-state index contributed by atoms with van der Waals surface area (Å²) in [5.41, 5.74) is 1.71. The Morgan fingerprint density at radius 2 is 1.71 bits per heavy atom. The molecule has 0 spiro atoms.